The number of imidazole rings is 1. The van der Waals surface area contributed by atoms with Crippen molar-refractivity contribution in [2.75, 3.05) is 12.4 Å². The first-order valence-electron chi connectivity index (χ1n) is 7.43. The van der Waals surface area contributed by atoms with Crippen molar-refractivity contribution in [1.82, 2.24) is 15.3 Å². The van der Waals surface area contributed by atoms with Crippen molar-refractivity contribution in [2.45, 2.75) is 12.5 Å². The molecular formula is C17H16Cl2N4O. The maximum Gasteiger partial charge on any atom is 0.222 e. The average molecular weight is 363 g/mol. The highest BCUT2D eigenvalue weighted by molar-refractivity contribution is 6.42. The van der Waals surface area contributed by atoms with Gasteiger partial charge in [0.15, 0.2) is 0 Å². The number of benzene rings is 2. The van der Waals surface area contributed by atoms with Gasteiger partial charge in [0.05, 0.1) is 33.5 Å². The van der Waals surface area contributed by atoms with E-state index < -0.39 is 0 Å². The third-order valence-electron chi connectivity index (χ3n) is 3.71. The molecule has 5 nitrogen and oxygen atoms in total. The van der Waals surface area contributed by atoms with Crippen LogP contribution in [0.4, 0.5) is 5.95 Å². The number of aromatic nitrogens is 2. The van der Waals surface area contributed by atoms with Crippen LogP contribution in [0.25, 0.3) is 11.0 Å². The van der Waals surface area contributed by atoms with Crippen LogP contribution in [0.1, 0.15) is 18.0 Å². The normalized spacial score (nSPS) is 12.1. The zero-order valence-electron chi connectivity index (χ0n) is 12.9. The van der Waals surface area contributed by atoms with Crippen molar-refractivity contribution in [3.8, 4) is 0 Å². The molecule has 24 heavy (non-hydrogen) atoms. The number of anilines is 1. The quantitative estimate of drug-likeness (QED) is 0.638. The van der Waals surface area contributed by atoms with Crippen molar-refractivity contribution < 1.29 is 4.79 Å². The summed E-state index contributed by atoms with van der Waals surface area (Å²) in [5, 5.41) is 6.82. The van der Waals surface area contributed by atoms with Gasteiger partial charge in [0.2, 0.25) is 11.9 Å². The molecule has 0 radical (unpaired) electrons. The molecule has 1 amide bonds. The molecule has 1 aromatic heterocycles. The predicted molar refractivity (Wildman–Crippen MR) is 97.6 cm³/mol. The van der Waals surface area contributed by atoms with Crippen LogP contribution in [-0.4, -0.2) is 22.9 Å². The number of para-hydroxylation sites is 2. The van der Waals surface area contributed by atoms with E-state index in [0.29, 0.717) is 16.0 Å². The first-order valence-corrected chi connectivity index (χ1v) is 8.19. The Hall–Kier alpha value is -2.24. The molecule has 0 saturated heterocycles. The Morgan fingerprint density at radius 2 is 2.00 bits per heavy atom. The van der Waals surface area contributed by atoms with E-state index in [-0.39, 0.29) is 18.4 Å². The summed E-state index contributed by atoms with van der Waals surface area (Å²) in [4.78, 5) is 19.6. The SMILES string of the molecule is CNC(=O)CC(Nc1nc2ccccc2[nH]1)c1ccc(Cl)c(Cl)c1. The second-order valence-corrected chi connectivity index (χ2v) is 6.16. The molecule has 0 aliphatic rings. The lowest BCUT2D eigenvalue weighted by atomic mass is 10.0. The van der Waals surface area contributed by atoms with Crippen LogP contribution in [0.3, 0.4) is 0 Å². The van der Waals surface area contributed by atoms with Gasteiger partial charge in [-0.2, -0.15) is 0 Å². The molecule has 1 atom stereocenters. The van der Waals surface area contributed by atoms with E-state index in [0.717, 1.165) is 16.6 Å². The number of carbonyl (C=O) groups is 1. The Kier molecular flexibility index (Phi) is 4.92. The van der Waals surface area contributed by atoms with Crippen LogP contribution < -0.4 is 10.6 Å². The Balaban J connectivity index is 1.91. The molecule has 0 aliphatic heterocycles. The molecule has 1 heterocycles. The molecule has 0 bridgehead atoms. The van der Waals surface area contributed by atoms with Gasteiger partial charge in [-0.1, -0.05) is 41.4 Å². The van der Waals surface area contributed by atoms with E-state index in [2.05, 4.69) is 20.6 Å². The van der Waals surface area contributed by atoms with Gasteiger partial charge in [0.1, 0.15) is 0 Å². The molecule has 0 saturated carbocycles. The van der Waals surface area contributed by atoms with E-state index in [1.165, 1.54) is 0 Å². The molecule has 0 spiro atoms. The van der Waals surface area contributed by atoms with Crippen molar-refractivity contribution >= 4 is 46.1 Å². The fourth-order valence-electron chi connectivity index (χ4n) is 2.45. The van der Waals surface area contributed by atoms with Crippen LogP contribution in [0, 0.1) is 0 Å². The number of halogens is 2. The summed E-state index contributed by atoms with van der Waals surface area (Å²) >= 11 is 12.1. The Bertz CT molecular complexity index is 845. The summed E-state index contributed by atoms with van der Waals surface area (Å²) in [6, 6.07) is 12.8. The Morgan fingerprint density at radius 1 is 1.21 bits per heavy atom. The number of hydrogen-bond donors (Lipinski definition) is 3. The molecule has 0 fully saturated rings. The van der Waals surface area contributed by atoms with Crippen LogP contribution >= 0.6 is 23.2 Å². The number of aromatic amines is 1. The van der Waals surface area contributed by atoms with Crippen molar-refractivity contribution in [1.29, 1.82) is 0 Å². The monoisotopic (exact) mass is 362 g/mol. The number of hydrogen-bond acceptors (Lipinski definition) is 3. The predicted octanol–water partition coefficient (Wildman–Crippen LogP) is 4.16. The van der Waals surface area contributed by atoms with Gasteiger partial charge in [0, 0.05) is 7.05 Å². The standard InChI is InChI=1S/C17H16Cl2N4O/c1-20-16(24)9-15(10-6-7-11(18)12(19)8-10)23-17-21-13-4-2-3-5-14(13)22-17/h2-8,15H,9H2,1H3,(H,20,24)(H2,21,22,23). The molecular weight excluding hydrogens is 347 g/mol. The van der Waals surface area contributed by atoms with Gasteiger partial charge < -0.3 is 15.6 Å². The maximum atomic E-state index is 11.9. The summed E-state index contributed by atoms with van der Waals surface area (Å²) < 4.78 is 0. The number of H-pyrrole nitrogens is 1. The number of amides is 1. The topological polar surface area (TPSA) is 69.8 Å². The number of fused-ring (bicyclic) bond motifs is 1. The van der Waals surface area contributed by atoms with Crippen LogP contribution in [0.5, 0.6) is 0 Å². The fraction of sp³-hybridized carbons (Fsp3) is 0.176. The first kappa shape index (κ1) is 16.6. The minimum Gasteiger partial charge on any atom is -0.359 e. The molecule has 3 aromatic rings. The van der Waals surface area contributed by atoms with Crippen LogP contribution in [0.2, 0.25) is 10.0 Å². The highest BCUT2D eigenvalue weighted by atomic mass is 35.5. The zero-order valence-corrected chi connectivity index (χ0v) is 14.4. The van der Waals surface area contributed by atoms with Gasteiger partial charge in [-0.25, -0.2) is 4.98 Å². The van der Waals surface area contributed by atoms with Crippen molar-refractivity contribution in [2.24, 2.45) is 0 Å². The lowest BCUT2D eigenvalue weighted by Crippen LogP contribution is -2.24. The fourth-order valence-corrected chi connectivity index (χ4v) is 2.76. The third kappa shape index (κ3) is 3.63. The van der Waals surface area contributed by atoms with E-state index in [4.69, 9.17) is 23.2 Å². The molecule has 2 aromatic carbocycles. The molecule has 3 N–H and O–H groups in total. The lowest BCUT2D eigenvalue weighted by molar-refractivity contribution is -0.120. The Labute approximate surface area is 149 Å². The highest BCUT2D eigenvalue weighted by Crippen LogP contribution is 2.29. The van der Waals surface area contributed by atoms with Gasteiger partial charge in [-0.3, -0.25) is 4.79 Å². The molecule has 1 unspecified atom stereocenters. The number of rotatable bonds is 5. The van der Waals surface area contributed by atoms with Crippen LogP contribution in [-0.2, 0) is 4.79 Å². The second kappa shape index (κ2) is 7.11. The van der Waals surface area contributed by atoms with Crippen LogP contribution in [0.15, 0.2) is 42.5 Å². The largest absolute Gasteiger partial charge is 0.359 e. The van der Waals surface area contributed by atoms with Gasteiger partial charge in [-0.05, 0) is 29.8 Å². The first-order chi connectivity index (χ1) is 11.6. The van der Waals surface area contributed by atoms with E-state index in [1.54, 1.807) is 19.2 Å². The van der Waals surface area contributed by atoms with E-state index in [9.17, 15) is 4.79 Å². The number of carbonyl (C=O) groups excluding carboxylic acids is 1. The van der Waals surface area contributed by atoms with E-state index in [1.807, 2.05) is 30.3 Å². The maximum absolute atomic E-state index is 11.9. The average Bonchev–Trinajstić information content (AvgIpc) is 2.99. The van der Waals surface area contributed by atoms with Gasteiger partial charge in [-0.15, -0.1) is 0 Å². The third-order valence-corrected chi connectivity index (χ3v) is 4.45. The smallest absolute Gasteiger partial charge is 0.222 e. The summed E-state index contributed by atoms with van der Waals surface area (Å²) in [7, 11) is 1.61. The zero-order chi connectivity index (χ0) is 17.1. The van der Waals surface area contributed by atoms with Crippen molar-refractivity contribution in [3.05, 3.63) is 58.1 Å². The summed E-state index contributed by atoms with van der Waals surface area (Å²) in [5.74, 6) is 0.505. The molecule has 0 aliphatic carbocycles. The highest BCUT2D eigenvalue weighted by Gasteiger charge is 2.18. The second-order valence-electron chi connectivity index (χ2n) is 5.35. The Morgan fingerprint density at radius 3 is 2.71 bits per heavy atom. The summed E-state index contributed by atoms with van der Waals surface area (Å²) in [5.41, 5.74) is 2.63. The molecule has 124 valence electrons. The van der Waals surface area contributed by atoms with E-state index >= 15 is 0 Å². The molecule has 3 rings (SSSR count). The minimum atomic E-state index is -0.291. The van der Waals surface area contributed by atoms with Gasteiger partial charge in [0.25, 0.3) is 0 Å². The van der Waals surface area contributed by atoms with Gasteiger partial charge >= 0.3 is 0 Å². The minimum absolute atomic E-state index is 0.0883. The van der Waals surface area contributed by atoms with Crippen molar-refractivity contribution in [3.63, 3.8) is 0 Å². The summed E-state index contributed by atoms with van der Waals surface area (Å²) in [6.07, 6.45) is 0.242. The summed E-state index contributed by atoms with van der Waals surface area (Å²) in [6.45, 7) is 0. The number of nitrogens with zero attached hydrogens (tertiary/aromatic N) is 1. The lowest BCUT2D eigenvalue weighted by Gasteiger charge is -2.18. The molecule has 7 heteroatoms. The number of nitrogens with one attached hydrogen (secondary N) is 3.